The number of benzene rings is 2. The van der Waals surface area contributed by atoms with Crippen LogP contribution in [0.2, 0.25) is 0 Å². The average Bonchev–Trinajstić information content (AvgIpc) is 3.61. The molecule has 2 bridgehead atoms. The van der Waals surface area contributed by atoms with Crippen molar-refractivity contribution in [2.24, 2.45) is 0 Å². The third kappa shape index (κ3) is 3.92. The van der Waals surface area contributed by atoms with Gasteiger partial charge in [-0.15, -0.1) is 0 Å². The van der Waals surface area contributed by atoms with Gasteiger partial charge in [-0.3, -0.25) is 5.10 Å². The molecule has 3 fully saturated rings. The van der Waals surface area contributed by atoms with E-state index in [4.69, 9.17) is 9.72 Å². The highest BCUT2D eigenvalue weighted by atomic mass is 19.1. The largest absolute Gasteiger partial charge is 0.462 e. The molecule has 2 aromatic carbocycles. The van der Waals surface area contributed by atoms with Gasteiger partial charge < -0.3 is 19.9 Å². The molecule has 3 saturated heterocycles. The van der Waals surface area contributed by atoms with Crippen LogP contribution in [0.5, 0.6) is 6.01 Å². The number of piperazine rings is 1. The number of halogens is 1. The molecule has 0 aliphatic carbocycles. The van der Waals surface area contributed by atoms with Crippen LogP contribution in [0.4, 0.5) is 10.2 Å². The Hall–Kier alpha value is -3.30. The molecule has 4 aromatic rings. The van der Waals surface area contributed by atoms with Crippen LogP contribution in [-0.4, -0.2) is 76.5 Å². The monoisotopic (exact) mass is 501 g/mol. The molecule has 0 amide bonds. The van der Waals surface area contributed by atoms with E-state index in [0.717, 1.165) is 67.6 Å². The van der Waals surface area contributed by atoms with E-state index < -0.39 is 5.82 Å². The lowest BCUT2D eigenvalue weighted by Crippen LogP contribution is -2.51. The number of nitrogens with one attached hydrogen (secondary N) is 2. The SMILES string of the molecule is Cc1cccc2[nH]nc(-c3ccc4c(N5C[C@H]6CC[C@@H](C5)N6)nc(OC[C@@H]5CCCN5C)nc4c3F)c12. The van der Waals surface area contributed by atoms with E-state index in [1.165, 1.54) is 0 Å². The van der Waals surface area contributed by atoms with Gasteiger partial charge in [-0.1, -0.05) is 12.1 Å². The molecule has 0 radical (unpaired) electrons. The lowest BCUT2D eigenvalue weighted by Gasteiger charge is -2.34. The van der Waals surface area contributed by atoms with Crippen LogP contribution < -0.4 is 15.0 Å². The third-order valence-corrected chi connectivity index (χ3v) is 8.41. The molecule has 0 saturated carbocycles. The Balaban J connectivity index is 1.34. The van der Waals surface area contributed by atoms with Crippen molar-refractivity contribution in [3.63, 3.8) is 0 Å². The lowest BCUT2D eigenvalue weighted by atomic mass is 10.0. The number of anilines is 1. The first-order valence-electron chi connectivity index (χ1n) is 13.3. The lowest BCUT2D eigenvalue weighted by molar-refractivity contribution is 0.188. The number of hydrogen-bond donors (Lipinski definition) is 2. The molecule has 0 unspecified atom stereocenters. The Morgan fingerprint density at radius 3 is 2.70 bits per heavy atom. The highest BCUT2D eigenvalue weighted by molar-refractivity contribution is 5.99. The van der Waals surface area contributed by atoms with Crippen LogP contribution in [0, 0.1) is 12.7 Å². The third-order valence-electron chi connectivity index (χ3n) is 8.41. The second-order valence-electron chi connectivity index (χ2n) is 10.9. The molecule has 192 valence electrons. The number of fused-ring (bicyclic) bond motifs is 4. The molecule has 2 N–H and O–H groups in total. The van der Waals surface area contributed by atoms with Gasteiger partial charge in [-0.25, -0.2) is 4.39 Å². The number of ether oxygens (including phenoxy) is 1. The zero-order valence-electron chi connectivity index (χ0n) is 21.3. The Bertz CT molecular complexity index is 1470. The summed E-state index contributed by atoms with van der Waals surface area (Å²) in [7, 11) is 2.12. The van der Waals surface area contributed by atoms with Gasteiger partial charge in [0.1, 0.15) is 23.6 Å². The number of H-pyrrole nitrogens is 1. The Labute approximate surface area is 215 Å². The minimum atomic E-state index is -0.390. The second-order valence-corrected chi connectivity index (χ2v) is 10.9. The molecule has 3 atom stereocenters. The van der Waals surface area contributed by atoms with Gasteiger partial charge in [-0.2, -0.15) is 15.1 Å². The van der Waals surface area contributed by atoms with Crippen molar-refractivity contribution < 1.29 is 9.13 Å². The van der Waals surface area contributed by atoms with Crippen molar-refractivity contribution in [3.8, 4) is 17.3 Å². The minimum absolute atomic E-state index is 0.243. The van der Waals surface area contributed by atoms with E-state index in [0.29, 0.717) is 41.4 Å². The van der Waals surface area contributed by atoms with Crippen molar-refractivity contribution in [2.75, 3.05) is 38.2 Å². The van der Waals surface area contributed by atoms with E-state index in [1.54, 1.807) is 0 Å². The Morgan fingerprint density at radius 1 is 1.08 bits per heavy atom. The standard InChI is InChI=1S/C28H32FN7O/c1-16-5-3-7-22-23(16)25(34-33-22)20-10-11-21-26(24(20)29)31-28(37-15-19-6-4-12-35(19)2)32-27(21)36-13-17-8-9-18(14-36)30-17/h3,5,7,10-11,17-19,30H,4,6,8-9,12-15H2,1-2H3,(H,33,34)/t17-,18+,19-/m0/s1. The zero-order valence-corrected chi connectivity index (χ0v) is 21.3. The summed E-state index contributed by atoms with van der Waals surface area (Å²) in [4.78, 5) is 14.1. The fourth-order valence-electron chi connectivity index (χ4n) is 6.39. The van der Waals surface area contributed by atoms with Crippen LogP contribution in [0.25, 0.3) is 33.1 Å². The molecule has 9 heteroatoms. The summed E-state index contributed by atoms with van der Waals surface area (Å²) < 4.78 is 22.5. The minimum Gasteiger partial charge on any atom is -0.462 e. The second kappa shape index (κ2) is 8.92. The molecule has 2 aromatic heterocycles. The Kier molecular flexibility index (Phi) is 5.51. The van der Waals surface area contributed by atoms with E-state index in [-0.39, 0.29) is 11.5 Å². The summed E-state index contributed by atoms with van der Waals surface area (Å²) in [5.74, 6) is 0.366. The number of likely N-dealkylation sites (N-methyl/N-ethyl adjacent to an activating group) is 1. The Morgan fingerprint density at radius 2 is 1.92 bits per heavy atom. The zero-order chi connectivity index (χ0) is 25.1. The number of aromatic nitrogens is 4. The molecular formula is C28H32FN7O. The number of aromatic amines is 1. The van der Waals surface area contributed by atoms with Crippen molar-refractivity contribution in [1.82, 2.24) is 30.4 Å². The van der Waals surface area contributed by atoms with Crippen molar-refractivity contribution >= 4 is 27.6 Å². The van der Waals surface area contributed by atoms with Crippen molar-refractivity contribution in [2.45, 2.75) is 50.7 Å². The predicted molar refractivity (Wildman–Crippen MR) is 143 cm³/mol. The van der Waals surface area contributed by atoms with E-state index in [9.17, 15) is 0 Å². The normalized spacial score (nSPS) is 24.0. The van der Waals surface area contributed by atoms with E-state index in [1.807, 2.05) is 37.3 Å². The summed E-state index contributed by atoms with van der Waals surface area (Å²) >= 11 is 0. The summed E-state index contributed by atoms with van der Waals surface area (Å²) in [5.41, 5.74) is 3.25. The molecule has 37 heavy (non-hydrogen) atoms. The topological polar surface area (TPSA) is 82.2 Å². The highest BCUT2D eigenvalue weighted by Gasteiger charge is 2.34. The maximum absolute atomic E-state index is 16.3. The molecular weight excluding hydrogens is 469 g/mol. The summed E-state index contributed by atoms with van der Waals surface area (Å²) in [5, 5.41) is 12.9. The first kappa shape index (κ1) is 22.9. The van der Waals surface area contributed by atoms with Crippen molar-refractivity contribution in [3.05, 3.63) is 41.7 Å². The number of rotatable bonds is 5. The van der Waals surface area contributed by atoms with E-state index in [2.05, 4.69) is 37.3 Å². The van der Waals surface area contributed by atoms with Gasteiger partial charge in [-0.05, 0) is 70.0 Å². The highest BCUT2D eigenvalue weighted by Crippen LogP contribution is 2.37. The molecule has 3 aliphatic rings. The van der Waals surface area contributed by atoms with Gasteiger partial charge in [0, 0.05) is 47.6 Å². The fraction of sp³-hybridized carbons (Fsp3) is 0.464. The fourth-order valence-corrected chi connectivity index (χ4v) is 6.39. The van der Waals surface area contributed by atoms with Gasteiger partial charge in [0.25, 0.3) is 0 Å². The summed E-state index contributed by atoms with van der Waals surface area (Å²) in [6.45, 7) is 5.28. The predicted octanol–water partition coefficient (Wildman–Crippen LogP) is 4.03. The van der Waals surface area contributed by atoms with Gasteiger partial charge >= 0.3 is 6.01 Å². The smallest absolute Gasteiger partial charge is 0.319 e. The average molecular weight is 502 g/mol. The molecule has 5 heterocycles. The maximum Gasteiger partial charge on any atom is 0.319 e. The van der Waals surface area contributed by atoms with Crippen LogP contribution in [0.3, 0.4) is 0 Å². The number of nitrogens with zero attached hydrogens (tertiary/aromatic N) is 5. The first-order valence-corrected chi connectivity index (χ1v) is 13.3. The number of hydrogen-bond acceptors (Lipinski definition) is 7. The number of aryl methyl sites for hydroxylation is 1. The van der Waals surface area contributed by atoms with Gasteiger partial charge in [0.2, 0.25) is 0 Å². The molecule has 0 spiro atoms. The van der Waals surface area contributed by atoms with Crippen LogP contribution >= 0.6 is 0 Å². The molecule has 3 aliphatic heterocycles. The van der Waals surface area contributed by atoms with Crippen LogP contribution in [-0.2, 0) is 0 Å². The quantitative estimate of drug-likeness (QED) is 0.427. The van der Waals surface area contributed by atoms with Crippen LogP contribution in [0.15, 0.2) is 30.3 Å². The summed E-state index contributed by atoms with van der Waals surface area (Å²) in [6.07, 6.45) is 4.56. The van der Waals surface area contributed by atoms with E-state index >= 15 is 4.39 Å². The maximum atomic E-state index is 16.3. The van der Waals surface area contributed by atoms with Crippen LogP contribution in [0.1, 0.15) is 31.2 Å². The van der Waals surface area contributed by atoms with Gasteiger partial charge in [0.15, 0.2) is 5.82 Å². The van der Waals surface area contributed by atoms with Crippen molar-refractivity contribution in [1.29, 1.82) is 0 Å². The number of likely N-dealkylation sites (tertiary alicyclic amines) is 1. The first-order chi connectivity index (χ1) is 18.0. The molecule has 7 rings (SSSR count). The summed E-state index contributed by atoms with van der Waals surface area (Å²) in [6, 6.07) is 11.2. The molecule has 8 nitrogen and oxygen atoms in total. The van der Waals surface area contributed by atoms with Gasteiger partial charge in [0.05, 0.1) is 5.52 Å².